The van der Waals surface area contributed by atoms with Gasteiger partial charge in [0.2, 0.25) is 0 Å². The third kappa shape index (κ3) is 4.11. The molecular weight excluding hydrogens is 291 g/mol. The van der Waals surface area contributed by atoms with E-state index < -0.39 is 5.82 Å². The summed E-state index contributed by atoms with van der Waals surface area (Å²) in [6, 6.07) is 11.9. The number of nitriles is 1. The van der Waals surface area contributed by atoms with E-state index in [1.54, 1.807) is 0 Å². The normalized spacial score (nSPS) is 10.1. The first kappa shape index (κ1) is 15.1. The fraction of sp³-hybridized carbons (Fsp3) is 0.188. The Morgan fingerprint density at radius 2 is 2.10 bits per heavy atom. The summed E-state index contributed by atoms with van der Waals surface area (Å²) < 4.78 is 18.8. The van der Waals surface area contributed by atoms with Crippen LogP contribution >= 0.6 is 11.6 Å². The topological polar surface area (TPSA) is 59.0 Å². The quantitative estimate of drug-likeness (QED) is 0.672. The van der Waals surface area contributed by atoms with Gasteiger partial charge in [0.25, 0.3) is 0 Å². The van der Waals surface area contributed by atoms with Crippen LogP contribution in [0.15, 0.2) is 36.4 Å². The van der Waals surface area contributed by atoms with Crippen molar-refractivity contribution in [2.75, 3.05) is 12.3 Å². The van der Waals surface area contributed by atoms with Crippen LogP contribution in [0.3, 0.4) is 0 Å². The smallest absolute Gasteiger partial charge is 0.143 e. The summed E-state index contributed by atoms with van der Waals surface area (Å²) in [5.41, 5.74) is 7.69. The highest BCUT2D eigenvalue weighted by Gasteiger charge is 2.09. The van der Waals surface area contributed by atoms with E-state index in [0.717, 1.165) is 30.2 Å². The molecule has 2 aromatic rings. The van der Waals surface area contributed by atoms with E-state index in [0.29, 0.717) is 12.4 Å². The molecule has 0 bridgehead atoms. The number of hydrogen-bond donors (Lipinski definition) is 1. The molecule has 0 amide bonds. The Morgan fingerprint density at radius 1 is 1.29 bits per heavy atom. The van der Waals surface area contributed by atoms with Gasteiger partial charge in [0.05, 0.1) is 17.2 Å². The van der Waals surface area contributed by atoms with E-state index in [4.69, 9.17) is 27.3 Å². The highest BCUT2D eigenvalue weighted by atomic mass is 35.5. The first-order chi connectivity index (χ1) is 10.1. The Morgan fingerprint density at radius 3 is 2.81 bits per heavy atom. The summed E-state index contributed by atoms with van der Waals surface area (Å²) in [4.78, 5) is 0. The lowest BCUT2D eigenvalue weighted by Gasteiger charge is -2.09. The van der Waals surface area contributed by atoms with Crippen LogP contribution in [-0.4, -0.2) is 6.61 Å². The fourth-order valence-electron chi connectivity index (χ4n) is 1.94. The van der Waals surface area contributed by atoms with E-state index in [9.17, 15) is 4.39 Å². The highest BCUT2D eigenvalue weighted by molar-refractivity contribution is 6.30. The second-order valence-electron chi connectivity index (χ2n) is 4.57. The first-order valence-corrected chi connectivity index (χ1v) is 6.84. The van der Waals surface area contributed by atoms with Gasteiger partial charge >= 0.3 is 0 Å². The standard InChI is InChI=1S/C16H14ClFN2O/c17-14-9-16(12(10-19)8-15(14)18)21-6-2-4-11-3-1-5-13(20)7-11/h1,3,5,7-9H,2,4,6,20H2. The van der Waals surface area contributed by atoms with Crippen molar-refractivity contribution in [1.82, 2.24) is 0 Å². The van der Waals surface area contributed by atoms with Crippen molar-refractivity contribution in [2.45, 2.75) is 12.8 Å². The van der Waals surface area contributed by atoms with Gasteiger partial charge in [0.15, 0.2) is 0 Å². The molecular formula is C16H14ClFN2O. The maximum atomic E-state index is 13.2. The van der Waals surface area contributed by atoms with Gasteiger partial charge in [-0.1, -0.05) is 23.7 Å². The van der Waals surface area contributed by atoms with E-state index in [2.05, 4.69) is 0 Å². The Hall–Kier alpha value is -2.25. The van der Waals surface area contributed by atoms with E-state index in [1.165, 1.54) is 6.07 Å². The molecule has 0 unspecified atom stereocenters. The summed E-state index contributed by atoms with van der Waals surface area (Å²) in [5.74, 6) is -0.322. The summed E-state index contributed by atoms with van der Waals surface area (Å²) in [5, 5.41) is 8.89. The lowest BCUT2D eigenvalue weighted by atomic mass is 10.1. The zero-order valence-corrected chi connectivity index (χ0v) is 12.0. The van der Waals surface area contributed by atoms with Crippen molar-refractivity contribution in [2.24, 2.45) is 0 Å². The van der Waals surface area contributed by atoms with Crippen LogP contribution in [0.5, 0.6) is 5.75 Å². The number of nitrogen functional groups attached to an aromatic ring is 1. The molecule has 2 N–H and O–H groups in total. The molecule has 0 saturated heterocycles. The number of anilines is 1. The Balaban J connectivity index is 1.92. The van der Waals surface area contributed by atoms with Crippen LogP contribution < -0.4 is 10.5 Å². The summed E-state index contributed by atoms with van der Waals surface area (Å²) in [7, 11) is 0. The second kappa shape index (κ2) is 6.96. The highest BCUT2D eigenvalue weighted by Crippen LogP contribution is 2.26. The minimum Gasteiger partial charge on any atom is -0.492 e. The van der Waals surface area contributed by atoms with Gasteiger partial charge in [-0.05, 0) is 36.6 Å². The van der Waals surface area contributed by atoms with Crippen molar-refractivity contribution < 1.29 is 9.13 Å². The van der Waals surface area contributed by atoms with Gasteiger partial charge in [-0.25, -0.2) is 4.39 Å². The lowest BCUT2D eigenvalue weighted by Crippen LogP contribution is -2.02. The van der Waals surface area contributed by atoms with Crippen LogP contribution in [-0.2, 0) is 6.42 Å². The molecule has 0 heterocycles. The predicted octanol–water partition coefficient (Wildman–Crippen LogP) is 3.94. The molecule has 5 heteroatoms. The van der Waals surface area contributed by atoms with Crippen molar-refractivity contribution in [3.05, 3.63) is 58.4 Å². The van der Waals surface area contributed by atoms with Crippen LogP contribution in [0.1, 0.15) is 17.5 Å². The second-order valence-corrected chi connectivity index (χ2v) is 4.98. The van der Waals surface area contributed by atoms with Crippen LogP contribution in [0.4, 0.5) is 10.1 Å². The maximum Gasteiger partial charge on any atom is 0.143 e. The van der Waals surface area contributed by atoms with E-state index >= 15 is 0 Å². The molecule has 0 saturated carbocycles. The van der Waals surface area contributed by atoms with E-state index in [-0.39, 0.29) is 10.6 Å². The molecule has 2 aromatic carbocycles. The van der Waals surface area contributed by atoms with Gasteiger partial charge in [-0.15, -0.1) is 0 Å². The third-order valence-electron chi connectivity index (χ3n) is 2.96. The Bertz CT molecular complexity index is 682. The number of rotatable bonds is 5. The monoisotopic (exact) mass is 304 g/mol. The Labute approximate surface area is 127 Å². The van der Waals surface area contributed by atoms with Crippen molar-refractivity contribution in [3.8, 4) is 11.8 Å². The molecule has 0 spiro atoms. The number of nitrogens with two attached hydrogens (primary N) is 1. The summed E-state index contributed by atoms with van der Waals surface area (Å²) in [6.07, 6.45) is 1.56. The Kier molecular flexibility index (Phi) is 5.02. The van der Waals surface area contributed by atoms with Crippen molar-refractivity contribution in [1.29, 1.82) is 5.26 Å². The van der Waals surface area contributed by atoms with Gasteiger partial charge in [0, 0.05) is 11.8 Å². The average Bonchev–Trinajstić information content (AvgIpc) is 2.47. The predicted molar refractivity (Wildman–Crippen MR) is 80.8 cm³/mol. The number of nitrogens with zero attached hydrogens (tertiary/aromatic N) is 1. The molecule has 0 aliphatic rings. The van der Waals surface area contributed by atoms with Gasteiger partial charge in [0.1, 0.15) is 17.6 Å². The molecule has 108 valence electrons. The average molecular weight is 305 g/mol. The fourth-order valence-corrected chi connectivity index (χ4v) is 2.10. The lowest BCUT2D eigenvalue weighted by molar-refractivity contribution is 0.309. The zero-order chi connectivity index (χ0) is 15.2. The summed E-state index contributed by atoms with van der Waals surface area (Å²) in [6.45, 7) is 0.408. The first-order valence-electron chi connectivity index (χ1n) is 6.46. The SMILES string of the molecule is N#Cc1cc(F)c(Cl)cc1OCCCc1cccc(N)c1. The molecule has 2 rings (SSSR count). The summed E-state index contributed by atoms with van der Waals surface area (Å²) >= 11 is 5.69. The molecule has 0 atom stereocenters. The minimum atomic E-state index is -0.625. The molecule has 0 aliphatic heterocycles. The number of ether oxygens (including phenoxy) is 1. The van der Waals surface area contributed by atoms with Crippen LogP contribution in [0.25, 0.3) is 0 Å². The number of benzene rings is 2. The molecule has 0 aromatic heterocycles. The molecule has 0 radical (unpaired) electrons. The zero-order valence-electron chi connectivity index (χ0n) is 11.3. The molecule has 21 heavy (non-hydrogen) atoms. The number of halogens is 2. The van der Waals surface area contributed by atoms with Crippen LogP contribution in [0.2, 0.25) is 5.02 Å². The van der Waals surface area contributed by atoms with E-state index in [1.807, 2.05) is 30.3 Å². The molecule has 3 nitrogen and oxygen atoms in total. The van der Waals surface area contributed by atoms with Crippen molar-refractivity contribution >= 4 is 17.3 Å². The largest absolute Gasteiger partial charge is 0.492 e. The minimum absolute atomic E-state index is 0.0557. The van der Waals surface area contributed by atoms with Gasteiger partial charge in [-0.2, -0.15) is 5.26 Å². The third-order valence-corrected chi connectivity index (χ3v) is 3.25. The van der Waals surface area contributed by atoms with Gasteiger partial charge < -0.3 is 10.5 Å². The number of hydrogen-bond acceptors (Lipinski definition) is 3. The number of aryl methyl sites for hydroxylation is 1. The molecule has 0 fully saturated rings. The van der Waals surface area contributed by atoms with Gasteiger partial charge in [-0.3, -0.25) is 0 Å². The van der Waals surface area contributed by atoms with Crippen LogP contribution in [0, 0.1) is 17.1 Å². The molecule has 0 aliphatic carbocycles. The van der Waals surface area contributed by atoms with Crippen molar-refractivity contribution in [3.63, 3.8) is 0 Å². The maximum absolute atomic E-state index is 13.2.